The van der Waals surface area contributed by atoms with E-state index < -0.39 is 0 Å². The third-order valence-electron chi connectivity index (χ3n) is 29.9. The van der Waals surface area contributed by atoms with Gasteiger partial charge in [-0.1, -0.05) is 298 Å². The van der Waals surface area contributed by atoms with Crippen molar-refractivity contribution in [3.05, 3.63) is 408 Å². The molecule has 0 saturated heterocycles. The highest BCUT2D eigenvalue weighted by Crippen LogP contribution is 2.58. The Morgan fingerprint density at radius 1 is 0.175 bits per heavy atom. The molecule has 0 unspecified atom stereocenters. The first kappa shape index (κ1) is 71.3. The molecule has 0 amide bonds. The van der Waals surface area contributed by atoms with E-state index in [4.69, 9.17) is 8.83 Å². The van der Waals surface area contributed by atoms with E-state index in [9.17, 15) is 0 Å². The number of hydrogen-bond donors (Lipinski definition) is 0. The highest BCUT2D eigenvalue weighted by Gasteiger charge is 2.42. The highest BCUT2D eigenvalue weighted by molar-refractivity contribution is 6.18. The topological polar surface area (TPSA) is 46.0 Å². The van der Waals surface area contributed by atoms with E-state index in [1.165, 1.54) is 237 Å². The van der Waals surface area contributed by atoms with Gasteiger partial charge in [-0.2, -0.15) is 0 Å². The molecule has 0 aliphatic heterocycles. The summed E-state index contributed by atoms with van der Waals surface area (Å²) in [6.45, 7) is 18.9. The number of nitrogens with zero attached hydrogens (tertiary/aromatic N) is 4. The molecule has 0 saturated carbocycles. The molecule has 4 aliphatic carbocycles. The van der Waals surface area contributed by atoms with Crippen LogP contribution in [0.25, 0.3) is 221 Å². The Morgan fingerprint density at radius 3 is 0.841 bits per heavy atom. The molecule has 6 aromatic heterocycles. The van der Waals surface area contributed by atoms with Crippen molar-refractivity contribution in [1.82, 2.24) is 18.3 Å². The monoisotopic (exact) mass is 1610 g/mol. The minimum absolute atomic E-state index is 0.0712. The normalized spacial score (nSPS) is 14.6. The van der Waals surface area contributed by atoms with E-state index in [1.54, 1.807) is 0 Å². The number of fused-ring (bicyclic) bond motifs is 32. The van der Waals surface area contributed by atoms with Gasteiger partial charge >= 0.3 is 0 Å². The van der Waals surface area contributed by atoms with Crippen LogP contribution in [0.3, 0.4) is 0 Å². The van der Waals surface area contributed by atoms with E-state index in [1.807, 2.05) is 0 Å². The number of para-hydroxylation sites is 6. The SMILES string of the molecule is CC1(C)c2ccccc2-c2ccc(-n3c4ccccc4c4cc(-c5ccc6c7ccccc7n(-c7ccc8c(c7)C(C)(C)c7ccc9c(oc%10ccccc%109)c7-8)c6c5)ccc43)cc21.CC1(C)c2ccccc2-c2ccc(-n3c4ccccc4c4ccc(-c5ccc6c(c5)c5ccccc5n6-c5ccc6c(c5)C(C)(C)c5ccc7c(oc8ccccc87)c5-6)cc43)cc21. The average molecular weight is 1610 g/mol. The Hall–Kier alpha value is -15.2. The maximum atomic E-state index is 6.62. The first-order valence-electron chi connectivity index (χ1n) is 44.3. The Kier molecular flexibility index (Phi) is 14.3. The molecule has 0 radical (unpaired) electrons. The summed E-state index contributed by atoms with van der Waals surface area (Å²) in [4.78, 5) is 0. The lowest BCUT2D eigenvalue weighted by Gasteiger charge is -2.22. The van der Waals surface area contributed by atoms with Crippen LogP contribution in [0.5, 0.6) is 0 Å². The van der Waals surface area contributed by atoms with Gasteiger partial charge in [0.1, 0.15) is 22.3 Å². The summed E-state index contributed by atoms with van der Waals surface area (Å²) >= 11 is 0. The van der Waals surface area contributed by atoms with Crippen molar-refractivity contribution in [2.45, 2.75) is 77.0 Å². The molecule has 596 valence electrons. The molecular weight excluding hydrogens is 1530 g/mol. The van der Waals surface area contributed by atoms with Crippen molar-refractivity contribution >= 4 is 131 Å². The Balaban J connectivity index is 0.000000131. The number of hydrogen-bond acceptors (Lipinski definition) is 2. The highest BCUT2D eigenvalue weighted by atomic mass is 16.3. The summed E-state index contributed by atoms with van der Waals surface area (Å²) in [6, 6.07) is 136. The summed E-state index contributed by atoms with van der Waals surface area (Å²) in [6.07, 6.45) is 0. The van der Waals surface area contributed by atoms with Crippen molar-refractivity contribution < 1.29 is 8.83 Å². The molecule has 6 heterocycles. The van der Waals surface area contributed by atoms with Crippen LogP contribution in [0.2, 0.25) is 0 Å². The number of benzene rings is 18. The van der Waals surface area contributed by atoms with Gasteiger partial charge in [-0.3, -0.25) is 0 Å². The zero-order chi connectivity index (χ0) is 83.9. The molecule has 28 rings (SSSR count). The second-order valence-corrected chi connectivity index (χ2v) is 37.8. The fraction of sp³-hybridized carbons (Fsp3) is 0.100. The van der Waals surface area contributed by atoms with Crippen LogP contribution in [0, 0.1) is 0 Å². The van der Waals surface area contributed by atoms with Gasteiger partial charge in [-0.15, -0.1) is 0 Å². The maximum Gasteiger partial charge on any atom is 0.143 e. The van der Waals surface area contributed by atoms with E-state index in [0.29, 0.717) is 0 Å². The third kappa shape index (κ3) is 9.60. The van der Waals surface area contributed by atoms with E-state index >= 15 is 0 Å². The lowest BCUT2D eigenvalue weighted by atomic mass is 9.82. The zero-order valence-electron chi connectivity index (χ0n) is 71.2. The lowest BCUT2D eigenvalue weighted by molar-refractivity contribution is 0.653. The van der Waals surface area contributed by atoms with Gasteiger partial charge in [0.25, 0.3) is 0 Å². The summed E-state index contributed by atoms with van der Waals surface area (Å²) < 4.78 is 23.1. The molecule has 6 heteroatoms. The quantitative estimate of drug-likeness (QED) is 0.167. The van der Waals surface area contributed by atoms with E-state index in [-0.39, 0.29) is 21.7 Å². The summed E-state index contributed by atoms with van der Waals surface area (Å²) in [5.74, 6) is 0. The molecule has 4 aliphatic rings. The summed E-state index contributed by atoms with van der Waals surface area (Å²) in [5.41, 5.74) is 43.7. The van der Waals surface area contributed by atoms with Crippen molar-refractivity contribution in [2.24, 2.45) is 0 Å². The molecule has 126 heavy (non-hydrogen) atoms. The second kappa shape index (κ2) is 25.2. The fourth-order valence-electron chi connectivity index (χ4n) is 23.6. The Labute approximate surface area is 728 Å². The average Bonchev–Trinajstić information content (AvgIpc) is 1.53. The first-order valence-corrected chi connectivity index (χ1v) is 44.3. The van der Waals surface area contributed by atoms with Crippen LogP contribution < -0.4 is 0 Å². The first-order chi connectivity index (χ1) is 61.5. The minimum Gasteiger partial charge on any atom is -0.455 e. The van der Waals surface area contributed by atoms with Crippen LogP contribution in [0.15, 0.2) is 373 Å². The smallest absolute Gasteiger partial charge is 0.143 e. The molecular formula is C120H84N4O2. The van der Waals surface area contributed by atoms with Crippen LogP contribution >= 0.6 is 0 Å². The molecule has 0 atom stereocenters. The molecule has 6 nitrogen and oxygen atoms in total. The predicted molar refractivity (Wildman–Crippen MR) is 526 cm³/mol. The molecule has 0 bridgehead atoms. The van der Waals surface area contributed by atoms with Crippen LogP contribution in [-0.4, -0.2) is 18.3 Å². The van der Waals surface area contributed by atoms with Crippen molar-refractivity contribution in [3.63, 3.8) is 0 Å². The van der Waals surface area contributed by atoms with Gasteiger partial charge in [0.15, 0.2) is 0 Å². The van der Waals surface area contributed by atoms with Gasteiger partial charge < -0.3 is 27.1 Å². The predicted octanol–water partition coefficient (Wildman–Crippen LogP) is 32.1. The van der Waals surface area contributed by atoms with Crippen LogP contribution in [0.1, 0.15) is 99.9 Å². The number of rotatable bonds is 6. The van der Waals surface area contributed by atoms with Gasteiger partial charge in [0.05, 0.1) is 44.1 Å². The Bertz CT molecular complexity index is 8990. The van der Waals surface area contributed by atoms with Crippen LogP contribution in [-0.2, 0) is 21.7 Å². The summed E-state index contributed by atoms with van der Waals surface area (Å²) in [5, 5.41) is 14.7. The zero-order valence-corrected chi connectivity index (χ0v) is 71.2. The number of aromatic nitrogens is 4. The minimum atomic E-state index is -0.201. The molecule has 18 aromatic carbocycles. The Morgan fingerprint density at radius 2 is 0.444 bits per heavy atom. The lowest BCUT2D eigenvalue weighted by Crippen LogP contribution is -2.15. The third-order valence-corrected chi connectivity index (χ3v) is 29.9. The van der Waals surface area contributed by atoms with Gasteiger partial charge in [0.2, 0.25) is 0 Å². The maximum absolute atomic E-state index is 6.62. The van der Waals surface area contributed by atoms with Crippen molar-refractivity contribution in [3.8, 4) is 89.5 Å². The second-order valence-electron chi connectivity index (χ2n) is 37.8. The van der Waals surface area contributed by atoms with E-state index in [2.05, 4.69) is 438 Å². The van der Waals surface area contributed by atoms with E-state index in [0.717, 1.165) is 28.0 Å². The molecule has 24 aromatic rings. The van der Waals surface area contributed by atoms with Gasteiger partial charge in [-0.25, -0.2) is 0 Å². The molecule has 0 fully saturated rings. The molecule has 0 N–H and O–H groups in total. The summed E-state index contributed by atoms with van der Waals surface area (Å²) in [7, 11) is 0. The van der Waals surface area contributed by atoms with Gasteiger partial charge in [0, 0.05) is 120 Å². The van der Waals surface area contributed by atoms with Crippen LogP contribution in [0.4, 0.5) is 0 Å². The van der Waals surface area contributed by atoms with Crippen molar-refractivity contribution in [2.75, 3.05) is 0 Å². The fourth-order valence-corrected chi connectivity index (χ4v) is 23.6. The van der Waals surface area contributed by atoms with Gasteiger partial charge in [-0.05, 0) is 221 Å². The largest absolute Gasteiger partial charge is 0.455 e. The number of furan rings is 2. The standard InChI is InChI=1S/2C60H42N2O/c1-59(2)48-17-9-5-13-39(48)40-26-23-38(33-50(40)59)62-52-18-10-6-14-41(52)43-25-21-36(32-55(43)62)35-22-30-54-47(31-35)42-15-7-11-19-53(42)61(54)37-24-27-46-51(34-37)60(3,4)49-29-28-45-44-16-8-12-20-56(44)63-58(45)57(46)49;1-59(2)48-17-9-5-13-39(48)40-26-23-37(33-50(40)59)61-53-19-11-7-15-42(53)47-31-35(22-30-54(47)61)36-21-25-43-41-14-6-10-18-52(41)62(55(43)32-36)38-24-27-46-51(34-38)60(3,4)49-29-28-45-44-16-8-12-20-56(44)63-58(45)57(46)49/h2*5-34H,1-4H3. The van der Waals surface area contributed by atoms with Crippen molar-refractivity contribution in [1.29, 1.82) is 0 Å². The molecule has 0 spiro atoms.